The van der Waals surface area contributed by atoms with Crippen LogP contribution in [-0.2, 0) is 9.59 Å². The summed E-state index contributed by atoms with van der Waals surface area (Å²) in [6.45, 7) is 5.21. The van der Waals surface area contributed by atoms with Crippen LogP contribution in [0.15, 0.2) is 59.1 Å². The molecule has 32 heavy (non-hydrogen) atoms. The first kappa shape index (κ1) is 23.1. The van der Waals surface area contributed by atoms with Gasteiger partial charge in [0.05, 0.1) is 11.0 Å². The Bertz CT molecular complexity index is 1110. The number of nitrogens with zero attached hydrogens (tertiary/aromatic N) is 1. The normalized spacial score (nSPS) is 11.5. The first-order chi connectivity index (χ1) is 15.3. The van der Waals surface area contributed by atoms with Gasteiger partial charge in [0.2, 0.25) is 11.8 Å². The highest BCUT2D eigenvalue weighted by atomic mass is 32.2. The average Bonchev–Trinajstić information content (AvgIpc) is 3.18. The van der Waals surface area contributed by atoms with Crippen molar-refractivity contribution in [3.8, 4) is 0 Å². The molecule has 0 aliphatic rings. The Labute approximate surface area is 190 Å². The second-order valence-corrected chi connectivity index (χ2v) is 8.44. The number of aromatic nitrogens is 1. The van der Waals surface area contributed by atoms with Crippen LogP contribution < -0.4 is 16.0 Å². The molecule has 0 bridgehead atoms. The lowest BCUT2D eigenvalue weighted by Gasteiger charge is -2.14. The van der Waals surface area contributed by atoms with Gasteiger partial charge in [-0.25, -0.2) is 0 Å². The van der Waals surface area contributed by atoms with Crippen molar-refractivity contribution in [2.75, 3.05) is 21.7 Å². The summed E-state index contributed by atoms with van der Waals surface area (Å²) in [6, 6.07) is 15.9. The summed E-state index contributed by atoms with van der Waals surface area (Å²) >= 11 is 1.19. The average molecular weight is 453 g/mol. The van der Waals surface area contributed by atoms with Gasteiger partial charge in [-0.2, -0.15) is 0 Å². The summed E-state index contributed by atoms with van der Waals surface area (Å²) in [6.07, 6.45) is 0. The van der Waals surface area contributed by atoms with E-state index in [0.29, 0.717) is 34.1 Å². The first-order valence-corrected chi connectivity index (χ1v) is 11.0. The van der Waals surface area contributed by atoms with Gasteiger partial charge in [-0.1, -0.05) is 29.4 Å². The molecule has 0 spiro atoms. The molecule has 0 aliphatic carbocycles. The summed E-state index contributed by atoms with van der Waals surface area (Å²) in [4.78, 5) is 37.3. The molecule has 0 fully saturated rings. The Kier molecular flexibility index (Phi) is 7.67. The predicted octanol–water partition coefficient (Wildman–Crippen LogP) is 4.24. The number of anilines is 3. The molecule has 3 amide bonds. The van der Waals surface area contributed by atoms with Crippen molar-refractivity contribution in [2.24, 2.45) is 0 Å². The lowest BCUT2D eigenvalue weighted by atomic mass is 10.1. The minimum atomic E-state index is -0.471. The van der Waals surface area contributed by atoms with Gasteiger partial charge >= 0.3 is 0 Å². The smallest absolute Gasteiger partial charge is 0.256 e. The summed E-state index contributed by atoms with van der Waals surface area (Å²) < 4.78 is 4.92. The molecule has 8 nitrogen and oxygen atoms in total. The molecule has 3 aromatic rings. The van der Waals surface area contributed by atoms with E-state index in [0.717, 1.165) is 0 Å². The first-order valence-electron chi connectivity index (χ1n) is 9.95. The van der Waals surface area contributed by atoms with E-state index < -0.39 is 5.25 Å². The minimum absolute atomic E-state index is 0.0757. The Morgan fingerprint density at radius 1 is 1.00 bits per heavy atom. The van der Waals surface area contributed by atoms with Crippen LogP contribution in [0.2, 0.25) is 0 Å². The molecule has 3 rings (SSSR count). The van der Waals surface area contributed by atoms with Crippen LogP contribution in [0.3, 0.4) is 0 Å². The van der Waals surface area contributed by atoms with Gasteiger partial charge in [0, 0.05) is 23.0 Å². The molecule has 1 aromatic heterocycles. The number of hydrogen-bond acceptors (Lipinski definition) is 6. The van der Waals surface area contributed by atoms with Crippen molar-refractivity contribution in [1.29, 1.82) is 0 Å². The highest BCUT2D eigenvalue weighted by Crippen LogP contribution is 2.21. The number of carbonyl (C=O) groups excluding carboxylic acids is 3. The molecular weight excluding hydrogens is 428 g/mol. The van der Waals surface area contributed by atoms with E-state index in [1.807, 2.05) is 18.2 Å². The Morgan fingerprint density at radius 3 is 2.44 bits per heavy atom. The van der Waals surface area contributed by atoms with Crippen molar-refractivity contribution >= 4 is 46.7 Å². The van der Waals surface area contributed by atoms with Crippen molar-refractivity contribution in [3.05, 3.63) is 71.5 Å². The number of para-hydroxylation sites is 1. The molecule has 2 aromatic carbocycles. The molecular formula is C23H24N4O4S. The third-order valence-electron chi connectivity index (χ3n) is 4.60. The number of aryl methyl sites for hydroxylation is 1. The Balaban J connectivity index is 1.55. The number of rotatable bonds is 8. The second-order valence-electron chi connectivity index (χ2n) is 7.11. The van der Waals surface area contributed by atoms with E-state index in [1.165, 1.54) is 11.8 Å². The van der Waals surface area contributed by atoms with E-state index in [9.17, 15) is 14.4 Å². The summed E-state index contributed by atoms with van der Waals surface area (Å²) in [5.74, 6) is 0.211. The van der Waals surface area contributed by atoms with Crippen molar-refractivity contribution in [2.45, 2.75) is 26.0 Å². The van der Waals surface area contributed by atoms with E-state index in [1.54, 1.807) is 57.2 Å². The maximum absolute atomic E-state index is 12.6. The predicted molar refractivity (Wildman–Crippen MR) is 126 cm³/mol. The van der Waals surface area contributed by atoms with E-state index in [2.05, 4.69) is 21.1 Å². The molecule has 0 radical (unpaired) electrons. The van der Waals surface area contributed by atoms with Gasteiger partial charge in [-0.05, 0) is 50.6 Å². The molecule has 3 N–H and O–H groups in total. The van der Waals surface area contributed by atoms with E-state index >= 15 is 0 Å². The molecule has 0 aliphatic heterocycles. The standard InChI is InChI=1S/C23H24N4O4S/c1-14-12-20(27-31-14)26-22(29)16(3)32-13-21(28)25-19-11-7-10-18(15(19)2)23(30)24-17-8-5-4-6-9-17/h4-12,16H,13H2,1-3H3,(H,24,30)(H,25,28)(H,26,27,29). The lowest BCUT2D eigenvalue weighted by Crippen LogP contribution is -2.25. The van der Waals surface area contributed by atoms with E-state index in [4.69, 9.17) is 4.52 Å². The largest absolute Gasteiger partial charge is 0.360 e. The van der Waals surface area contributed by atoms with Crippen LogP contribution >= 0.6 is 11.8 Å². The minimum Gasteiger partial charge on any atom is -0.360 e. The summed E-state index contributed by atoms with van der Waals surface area (Å²) in [7, 11) is 0. The molecule has 1 heterocycles. The SMILES string of the molecule is Cc1cc(NC(=O)C(C)SCC(=O)Nc2cccc(C(=O)Nc3ccccc3)c2C)no1. The van der Waals surface area contributed by atoms with Gasteiger partial charge in [-0.15, -0.1) is 11.8 Å². The van der Waals surface area contributed by atoms with Crippen LogP contribution in [-0.4, -0.2) is 33.9 Å². The number of nitrogens with one attached hydrogen (secondary N) is 3. The topological polar surface area (TPSA) is 113 Å². The maximum atomic E-state index is 12.6. The van der Waals surface area contributed by atoms with Crippen LogP contribution in [0.4, 0.5) is 17.2 Å². The summed E-state index contributed by atoms with van der Waals surface area (Å²) in [5.41, 5.74) is 2.36. The number of thioether (sulfide) groups is 1. The van der Waals surface area contributed by atoms with Crippen molar-refractivity contribution in [3.63, 3.8) is 0 Å². The monoisotopic (exact) mass is 452 g/mol. The highest BCUT2D eigenvalue weighted by molar-refractivity contribution is 8.01. The zero-order chi connectivity index (χ0) is 23.1. The fraction of sp³-hybridized carbons (Fsp3) is 0.217. The van der Waals surface area contributed by atoms with Gasteiger partial charge in [-0.3, -0.25) is 14.4 Å². The molecule has 1 unspecified atom stereocenters. The third kappa shape index (κ3) is 6.21. The van der Waals surface area contributed by atoms with Gasteiger partial charge in [0.25, 0.3) is 5.91 Å². The van der Waals surface area contributed by atoms with Crippen molar-refractivity contribution in [1.82, 2.24) is 5.16 Å². The summed E-state index contributed by atoms with van der Waals surface area (Å²) in [5, 5.41) is 11.6. The van der Waals surface area contributed by atoms with E-state index in [-0.39, 0.29) is 23.5 Å². The fourth-order valence-electron chi connectivity index (χ4n) is 2.85. The number of carbonyl (C=O) groups is 3. The molecule has 166 valence electrons. The molecule has 1 atom stereocenters. The van der Waals surface area contributed by atoms with Gasteiger partial charge < -0.3 is 20.5 Å². The highest BCUT2D eigenvalue weighted by Gasteiger charge is 2.18. The fourth-order valence-corrected chi connectivity index (χ4v) is 3.54. The maximum Gasteiger partial charge on any atom is 0.256 e. The number of hydrogen-bond donors (Lipinski definition) is 3. The zero-order valence-electron chi connectivity index (χ0n) is 18.0. The molecule has 0 saturated carbocycles. The van der Waals surface area contributed by atoms with Gasteiger partial charge in [0.15, 0.2) is 5.82 Å². The Morgan fingerprint density at radius 2 is 1.75 bits per heavy atom. The molecule has 9 heteroatoms. The second kappa shape index (κ2) is 10.6. The Hall–Kier alpha value is -3.59. The lowest BCUT2D eigenvalue weighted by molar-refractivity contribution is -0.115. The van der Waals surface area contributed by atoms with Crippen LogP contribution in [0.5, 0.6) is 0 Å². The number of benzene rings is 2. The zero-order valence-corrected chi connectivity index (χ0v) is 18.8. The van der Waals surface area contributed by atoms with Crippen LogP contribution in [0, 0.1) is 13.8 Å². The quantitative estimate of drug-likeness (QED) is 0.471. The van der Waals surface area contributed by atoms with Crippen molar-refractivity contribution < 1.29 is 18.9 Å². The van der Waals surface area contributed by atoms with Crippen LogP contribution in [0.1, 0.15) is 28.6 Å². The van der Waals surface area contributed by atoms with Gasteiger partial charge in [0.1, 0.15) is 5.76 Å². The van der Waals surface area contributed by atoms with Crippen LogP contribution in [0.25, 0.3) is 0 Å². The number of amides is 3. The molecule has 0 saturated heterocycles. The third-order valence-corrected chi connectivity index (χ3v) is 5.74.